The lowest BCUT2D eigenvalue weighted by atomic mass is 9.92. The van der Waals surface area contributed by atoms with Crippen molar-refractivity contribution in [1.82, 2.24) is 0 Å². The molecule has 14 heavy (non-hydrogen) atoms. The number of hydrogen-bond donors (Lipinski definition) is 1. The van der Waals surface area contributed by atoms with E-state index in [1.54, 1.807) is 7.11 Å². The summed E-state index contributed by atoms with van der Waals surface area (Å²) in [7, 11) is 1.71. The molecule has 2 nitrogen and oxygen atoms in total. The number of anilines is 1. The lowest BCUT2D eigenvalue weighted by Crippen LogP contribution is -2.22. The second-order valence-corrected chi connectivity index (χ2v) is 3.88. The first-order valence-corrected chi connectivity index (χ1v) is 5.24. The number of ether oxygens (including phenoxy) is 1. The third-order valence-corrected chi connectivity index (χ3v) is 2.98. The Hall–Kier alpha value is -1.18. The molecule has 1 aromatic rings. The average molecular weight is 191 g/mol. The van der Waals surface area contributed by atoms with Crippen molar-refractivity contribution in [1.29, 1.82) is 0 Å². The molecular formula is C12H17NO. The van der Waals surface area contributed by atoms with Crippen molar-refractivity contribution in [2.45, 2.75) is 19.8 Å². The SMILES string of the molecule is CCC1CNc2cc(OC)ccc2C1. The highest BCUT2D eigenvalue weighted by Crippen LogP contribution is 2.29. The van der Waals surface area contributed by atoms with Crippen molar-refractivity contribution >= 4 is 5.69 Å². The van der Waals surface area contributed by atoms with Gasteiger partial charge in [0.15, 0.2) is 0 Å². The third kappa shape index (κ3) is 1.69. The van der Waals surface area contributed by atoms with Gasteiger partial charge in [0.2, 0.25) is 0 Å². The van der Waals surface area contributed by atoms with Crippen LogP contribution in [-0.2, 0) is 6.42 Å². The average Bonchev–Trinajstić information content (AvgIpc) is 2.27. The first kappa shape index (κ1) is 9.38. The van der Waals surface area contributed by atoms with Crippen LogP contribution in [0, 0.1) is 5.92 Å². The molecule has 1 heterocycles. The van der Waals surface area contributed by atoms with Gasteiger partial charge in [-0.15, -0.1) is 0 Å². The predicted molar refractivity (Wildman–Crippen MR) is 59.0 cm³/mol. The molecule has 0 saturated carbocycles. The smallest absolute Gasteiger partial charge is 0.120 e. The topological polar surface area (TPSA) is 21.3 Å². The van der Waals surface area contributed by atoms with Gasteiger partial charge < -0.3 is 10.1 Å². The predicted octanol–water partition coefficient (Wildman–Crippen LogP) is 2.69. The molecule has 0 radical (unpaired) electrons. The molecule has 76 valence electrons. The Labute approximate surface area is 85.3 Å². The van der Waals surface area contributed by atoms with E-state index in [1.165, 1.54) is 24.1 Å². The Morgan fingerprint density at radius 2 is 2.36 bits per heavy atom. The lowest BCUT2D eigenvalue weighted by Gasteiger charge is -2.25. The van der Waals surface area contributed by atoms with Gasteiger partial charge in [-0.25, -0.2) is 0 Å². The van der Waals surface area contributed by atoms with Crippen LogP contribution in [0.2, 0.25) is 0 Å². The van der Waals surface area contributed by atoms with Crippen LogP contribution in [0.1, 0.15) is 18.9 Å². The maximum absolute atomic E-state index is 5.19. The van der Waals surface area contributed by atoms with Crippen molar-refractivity contribution in [3.8, 4) is 5.75 Å². The number of nitrogens with one attached hydrogen (secondary N) is 1. The number of fused-ring (bicyclic) bond motifs is 1. The van der Waals surface area contributed by atoms with E-state index in [2.05, 4.69) is 24.4 Å². The van der Waals surface area contributed by atoms with Crippen molar-refractivity contribution in [3.63, 3.8) is 0 Å². The van der Waals surface area contributed by atoms with Crippen molar-refractivity contribution in [2.75, 3.05) is 19.0 Å². The summed E-state index contributed by atoms with van der Waals surface area (Å²) in [6.45, 7) is 3.34. The molecule has 1 aliphatic heterocycles. The minimum Gasteiger partial charge on any atom is -0.497 e. The van der Waals surface area contributed by atoms with Gasteiger partial charge in [0.1, 0.15) is 5.75 Å². The molecular weight excluding hydrogens is 174 g/mol. The normalized spacial score (nSPS) is 19.7. The van der Waals surface area contributed by atoms with Gasteiger partial charge in [0.25, 0.3) is 0 Å². The summed E-state index contributed by atoms with van der Waals surface area (Å²) in [4.78, 5) is 0. The molecule has 0 fully saturated rings. The van der Waals surface area contributed by atoms with Crippen molar-refractivity contribution < 1.29 is 4.74 Å². The Balaban J connectivity index is 2.23. The highest BCUT2D eigenvalue weighted by atomic mass is 16.5. The highest BCUT2D eigenvalue weighted by Gasteiger charge is 2.16. The van der Waals surface area contributed by atoms with Gasteiger partial charge in [-0.3, -0.25) is 0 Å². The van der Waals surface area contributed by atoms with E-state index >= 15 is 0 Å². The Bertz CT molecular complexity index is 322. The zero-order valence-electron chi connectivity index (χ0n) is 8.84. The highest BCUT2D eigenvalue weighted by molar-refractivity contribution is 5.56. The van der Waals surface area contributed by atoms with Gasteiger partial charge in [-0.2, -0.15) is 0 Å². The van der Waals surface area contributed by atoms with Crippen LogP contribution in [-0.4, -0.2) is 13.7 Å². The van der Waals surface area contributed by atoms with Crippen molar-refractivity contribution in [2.24, 2.45) is 5.92 Å². The van der Waals surface area contributed by atoms with E-state index in [0.29, 0.717) is 0 Å². The molecule has 1 aliphatic rings. The monoisotopic (exact) mass is 191 g/mol. The Morgan fingerprint density at radius 1 is 1.50 bits per heavy atom. The molecule has 2 rings (SSSR count). The molecule has 2 heteroatoms. The van der Waals surface area contributed by atoms with Gasteiger partial charge >= 0.3 is 0 Å². The summed E-state index contributed by atoms with van der Waals surface area (Å²) in [5, 5.41) is 3.46. The number of methoxy groups -OCH3 is 1. The fourth-order valence-corrected chi connectivity index (χ4v) is 1.95. The van der Waals surface area contributed by atoms with E-state index in [1.807, 2.05) is 6.07 Å². The fourth-order valence-electron chi connectivity index (χ4n) is 1.95. The van der Waals surface area contributed by atoms with E-state index in [0.717, 1.165) is 18.2 Å². The second kappa shape index (κ2) is 3.91. The van der Waals surface area contributed by atoms with E-state index < -0.39 is 0 Å². The zero-order valence-corrected chi connectivity index (χ0v) is 8.84. The van der Waals surface area contributed by atoms with Crippen LogP contribution < -0.4 is 10.1 Å². The number of rotatable bonds is 2. The van der Waals surface area contributed by atoms with Crippen LogP contribution >= 0.6 is 0 Å². The van der Waals surface area contributed by atoms with Crippen LogP contribution in [0.4, 0.5) is 5.69 Å². The standard InChI is InChI=1S/C12H17NO/c1-3-9-6-10-4-5-11(14-2)7-12(10)13-8-9/h4-5,7,9,13H,3,6,8H2,1-2H3. The maximum Gasteiger partial charge on any atom is 0.120 e. The lowest BCUT2D eigenvalue weighted by molar-refractivity contribution is 0.414. The first-order valence-electron chi connectivity index (χ1n) is 5.24. The van der Waals surface area contributed by atoms with E-state index in [9.17, 15) is 0 Å². The quantitative estimate of drug-likeness (QED) is 0.776. The van der Waals surface area contributed by atoms with Crippen molar-refractivity contribution in [3.05, 3.63) is 23.8 Å². The number of hydrogen-bond acceptors (Lipinski definition) is 2. The maximum atomic E-state index is 5.19. The van der Waals surface area contributed by atoms with Crippen LogP contribution in [0.15, 0.2) is 18.2 Å². The summed E-state index contributed by atoms with van der Waals surface area (Å²) in [5.41, 5.74) is 2.66. The van der Waals surface area contributed by atoms with Gasteiger partial charge in [0, 0.05) is 18.3 Å². The molecule has 1 N–H and O–H groups in total. The molecule has 0 aromatic heterocycles. The molecule has 0 amide bonds. The van der Waals surface area contributed by atoms with E-state index in [-0.39, 0.29) is 0 Å². The largest absolute Gasteiger partial charge is 0.497 e. The molecule has 0 saturated heterocycles. The minimum absolute atomic E-state index is 0.788. The van der Waals surface area contributed by atoms with Crippen LogP contribution in [0.5, 0.6) is 5.75 Å². The third-order valence-electron chi connectivity index (χ3n) is 2.98. The van der Waals surface area contributed by atoms with Gasteiger partial charge in [-0.05, 0) is 24.0 Å². The molecule has 1 aromatic carbocycles. The zero-order chi connectivity index (χ0) is 9.97. The van der Waals surface area contributed by atoms with Crippen LogP contribution in [0.25, 0.3) is 0 Å². The fraction of sp³-hybridized carbons (Fsp3) is 0.500. The van der Waals surface area contributed by atoms with E-state index in [4.69, 9.17) is 4.74 Å². The Morgan fingerprint density at radius 3 is 3.07 bits per heavy atom. The van der Waals surface area contributed by atoms with Gasteiger partial charge in [-0.1, -0.05) is 19.4 Å². The number of benzene rings is 1. The molecule has 0 aliphatic carbocycles. The van der Waals surface area contributed by atoms with Gasteiger partial charge in [0.05, 0.1) is 7.11 Å². The molecule has 0 bridgehead atoms. The second-order valence-electron chi connectivity index (χ2n) is 3.88. The molecule has 0 spiro atoms. The first-order chi connectivity index (χ1) is 6.83. The minimum atomic E-state index is 0.788. The summed E-state index contributed by atoms with van der Waals surface area (Å²) in [6, 6.07) is 6.29. The summed E-state index contributed by atoms with van der Waals surface area (Å²) in [6.07, 6.45) is 2.45. The molecule has 1 atom stereocenters. The summed E-state index contributed by atoms with van der Waals surface area (Å²) >= 11 is 0. The molecule has 1 unspecified atom stereocenters. The summed E-state index contributed by atoms with van der Waals surface area (Å²) in [5.74, 6) is 1.72. The van der Waals surface area contributed by atoms with Crippen LogP contribution in [0.3, 0.4) is 0 Å². The Kier molecular flexibility index (Phi) is 2.62. The summed E-state index contributed by atoms with van der Waals surface area (Å²) < 4.78 is 5.19.